The molecule has 1 aliphatic carbocycles. The Labute approximate surface area is 170 Å². The van der Waals surface area contributed by atoms with Crippen molar-refractivity contribution in [3.05, 3.63) is 65.2 Å². The van der Waals surface area contributed by atoms with Crippen molar-refractivity contribution >= 4 is 21.9 Å². The summed E-state index contributed by atoms with van der Waals surface area (Å²) in [4.78, 5) is 23.6. The van der Waals surface area contributed by atoms with Gasteiger partial charge in [-0.05, 0) is 61.7 Å². The molecule has 2 aromatic carbocycles. The summed E-state index contributed by atoms with van der Waals surface area (Å²) in [5, 5.41) is 2.56. The first kappa shape index (κ1) is 21.0. The van der Waals surface area contributed by atoms with Crippen molar-refractivity contribution in [1.82, 2.24) is 9.62 Å². The summed E-state index contributed by atoms with van der Waals surface area (Å²) in [7, 11) is -2.16. The van der Waals surface area contributed by atoms with Crippen LogP contribution in [0.4, 0.5) is 0 Å². The van der Waals surface area contributed by atoms with Gasteiger partial charge in [0.2, 0.25) is 10.0 Å². The monoisotopic (exact) mass is 416 g/mol. The zero-order valence-electron chi connectivity index (χ0n) is 16.4. The van der Waals surface area contributed by atoms with Gasteiger partial charge in [0.1, 0.15) is 0 Å². The molecule has 0 heterocycles. The van der Waals surface area contributed by atoms with E-state index in [1.807, 2.05) is 0 Å². The van der Waals surface area contributed by atoms with E-state index >= 15 is 0 Å². The molecule has 154 valence electrons. The van der Waals surface area contributed by atoms with Gasteiger partial charge in [0.05, 0.1) is 17.1 Å². The number of ether oxygens (including phenoxy) is 1. The van der Waals surface area contributed by atoms with E-state index in [-0.39, 0.29) is 30.0 Å². The van der Waals surface area contributed by atoms with E-state index < -0.39 is 16.0 Å². The summed E-state index contributed by atoms with van der Waals surface area (Å²) in [6.45, 7) is 2.19. The number of benzene rings is 2. The molecule has 0 radical (unpaired) electrons. The Balaban J connectivity index is 1.81. The van der Waals surface area contributed by atoms with Crippen LogP contribution in [-0.2, 0) is 21.3 Å². The highest BCUT2D eigenvalue weighted by Gasteiger charge is 2.38. The molecule has 29 heavy (non-hydrogen) atoms. The van der Waals surface area contributed by atoms with Crippen LogP contribution in [0.3, 0.4) is 0 Å². The third-order valence-corrected chi connectivity index (χ3v) is 6.62. The number of carbonyl (C=O) groups is 2. The fraction of sp³-hybridized carbons (Fsp3) is 0.333. The van der Waals surface area contributed by atoms with E-state index in [2.05, 4.69) is 5.32 Å². The highest BCUT2D eigenvalue weighted by molar-refractivity contribution is 7.89. The lowest BCUT2D eigenvalue weighted by Crippen LogP contribution is -2.32. The van der Waals surface area contributed by atoms with Crippen LogP contribution in [0.25, 0.3) is 0 Å². The molecule has 1 amide bonds. The minimum Gasteiger partial charge on any atom is -0.462 e. The van der Waals surface area contributed by atoms with Crippen molar-refractivity contribution < 1.29 is 22.7 Å². The standard InChI is InChI=1S/C21H24N2O5S/c1-3-28-21(25)17-8-12-19(13-9-17)29(26,27)23(18-10-11-18)14-15-4-6-16(7-5-15)20(24)22-2/h4-9,12-13,18H,3,10-11,14H2,1-2H3,(H,22,24). The molecule has 8 heteroatoms. The van der Waals surface area contributed by atoms with Crippen LogP contribution in [0, 0.1) is 0 Å². The van der Waals surface area contributed by atoms with Gasteiger partial charge < -0.3 is 10.1 Å². The minimum atomic E-state index is -3.72. The summed E-state index contributed by atoms with van der Waals surface area (Å²) in [5.74, 6) is -0.670. The van der Waals surface area contributed by atoms with E-state index in [1.165, 1.54) is 28.6 Å². The molecule has 0 unspecified atom stereocenters. The van der Waals surface area contributed by atoms with E-state index in [4.69, 9.17) is 4.74 Å². The van der Waals surface area contributed by atoms with Gasteiger partial charge in [-0.3, -0.25) is 4.79 Å². The predicted octanol–water partition coefficient (Wildman–Crippen LogP) is 2.58. The molecule has 1 saturated carbocycles. The first-order valence-corrected chi connectivity index (χ1v) is 10.9. The van der Waals surface area contributed by atoms with Crippen molar-refractivity contribution in [1.29, 1.82) is 0 Å². The second kappa shape index (κ2) is 8.75. The molecule has 0 spiro atoms. The van der Waals surface area contributed by atoms with Crippen LogP contribution in [0.15, 0.2) is 53.4 Å². The maximum absolute atomic E-state index is 13.2. The number of amides is 1. The van der Waals surface area contributed by atoms with Gasteiger partial charge in [0, 0.05) is 25.2 Å². The van der Waals surface area contributed by atoms with Crippen LogP contribution >= 0.6 is 0 Å². The number of hydrogen-bond donors (Lipinski definition) is 1. The summed E-state index contributed by atoms with van der Waals surface area (Å²) < 4.78 is 32.8. The fourth-order valence-electron chi connectivity index (χ4n) is 2.97. The molecule has 0 bridgehead atoms. The first-order valence-electron chi connectivity index (χ1n) is 9.47. The van der Waals surface area contributed by atoms with Crippen LogP contribution in [0.2, 0.25) is 0 Å². The smallest absolute Gasteiger partial charge is 0.338 e. The quantitative estimate of drug-likeness (QED) is 0.668. The molecule has 3 rings (SSSR count). The topological polar surface area (TPSA) is 92.8 Å². The van der Waals surface area contributed by atoms with Gasteiger partial charge in [-0.15, -0.1) is 0 Å². The van der Waals surface area contributed by atoms with Gasteiger partial charge in [-0.25, -0.2) is 13.2 Å². The van der Waals surface area contributed by atoms with Crippen LogP contribution in [0.5, 0.6) is 0 Å². The number of nitrogens with one attached hydrogen (secondary N) is 1. The van der Waals surface area contributed by atoms with E-state index in [0.29, 0.717) is 11.1 Å². The van der Waals surface area contributed by atoms with Crippen LogP contribution in [-0.4, -0.2) is 44.3 Å². The van der Waals surface area contributed by atoms with Crippen LogP contribution < -0.4 is 5.32 Å². The fourth-order valence-corrected chi connectivity index (χ4v) is 4.64. The van der Waals surface area contributed by atoms with Crippen molar-refractivity contribution in [3.63, 3.8) is 0 Å². The lowest BCUT2D eigenvalue weighted by atomic mass is 10.1. The highest BCUT2D eigenvalue weighted by Crippen LogP contribution is 2.33. The number of nitrogens with zero attached hydrogens (tertiary/aromatic N) is 1. The second-order valence-electron chi connectivity index (χ2n) is 6.80. The van der Waals surface area contributed by atoms with Gasteiger partial charge in [0.25, 0.3) is 5.91 Å². The van der Waals surface area contributed by atoms with Gasteiger partial charge in [-0.2, -0.15) is 4.31 Å². The summed E-state index contributed by atoms with van der Waals surface area (Å²) in [6, 6.07) is 12.7. The van der Waals surface area contributed by atoms with Crippen molar-refractivity contribution in [2.45, 2.75) is 37.2 Å². The summed E-state index contributed by atoms with van der Waals surface area (Å²) >= 11 is 0. The molecule has 0 aromatic heterocycles. The average molecular weight is 416 g/mol. The number of sulfonamides is 1. The molecule has 1 N–H and O–H groups in total. The molecule has 1 aliphatic rings. The van der Waals surface area contributed by atoms with E-state index in [1.54, 1.807) is 38.2 Å². The molecule has 2 aromatic rings. The van der Waals surface area contributed by atoms with Crippen molar-refractivity contribution in [3.8, 4) is 0 Å². The van der Waals surface area contributed by atoms with Crippen molar-refractivity contribution in [2.24, 2.45) is 0 Å². The number of carbonyl (C=O) groups excluding carboxylic acids is 2. The zero-order valence-corrected chi connectivity index (χ0v) is 17.2. The SMILES string of the molecule is CCOC(=O)c1ccc(S(=O)(=O)N(Cc2ccc(C(=O)NC)cc2)C2CC2)cc1. The maximum atomic E-state index is 13.2. The minimum absolute atomic E-state index is 0.0386. The van der Waals surface area contributed by atoms with Crippen molar-refractivity contribution in [2.75, 3.05) is 13.7 Å². The third kappa shape index (κ3) is 4.83. The molecule has 1 fully saturated rings. The lowest BCUT2D eigenvalue weighted by Gasteiger charge is -2.22. The van der Waals surface area contributed by atoms with Gasteiger partial charge >= 0.3 is 5.97 Å². The number of rotatable bonds is 8. The summed E-state index contributed by atoms with van der Waals surface area (Å²) in [5.41, 5.74) is 1.64. The number of esters is 1. The number of hydrogen-bond acceptors (Lipinski definition) is 5. The van der Waals surface area contributed by atoms with Gasteiger partial charge in [-0.1, -0.05) is 12.1 Å². The summed E-state index contributed by atoms with van der Waals surface area (Å²) in [6.07, 6.45) is 1.63. The molecule has 0 atom stereocenters. The second-order valence-corrected chi connectivity index (χ2v) is 8.69. The molecular weight excluding hydrogens is 392 g/mol. The normalized spacial score (nSPS) is 13.9. The maximum Gasteiger partial charge on any atom is 0.338 e. The van der Waals surface area contributed by atoms with Gasteiger partial charge in [0.15, 0.2) is 0 Å². The Hall–Kier alpha value is -2.71. The Bertz CT molecular complexity index is 981. The Morgan fingerprint density at radius 2 is 1.62 bits per heavy atom. The largest absolute Gasteiger partial charge is 0.462 e. The Morgan fingerprint density at radius 3 is 2.14 bits per heavy atom. The highest BCUT2D eigenvalue weighted by atomic mass is 32.2. The molecule has 7 nitrogen and oxygen atoms in total. The van der Waals surface area contributed by atoms with E-state index in [9.17, 15) is 18.0 Å². The molecule has 0 saturated heterocycles. The first-order chi connectivity index (χ1) is 13.9. The predicted molar refractivity (Wildman–Crippen MR) is 108 cm³/mol. The van der Waals surface area contributed by atoms with E-state index in [0.717, 1.165) is 18.4 Å². The van der Waals surface area contributed by atoms with Crippen LogP contribution in [0.1, 0.15) is 46.0 Å². The lowest BCUT2D eigenvalue weighted by molar-refractivity contribution is 0.0526. The average Bonchev–Trinajstić information content (AvgIpc) is 3.57. The Morgan fingerprint density at radius 1 is 1.03 bits per heavy atom. The molecule has 0 aliphatic heterocycles. The zero-order chi connectivity index (χ0) is 21.0. The molecular formula is C21H24N2O5S. The Kier molecular flexibility index (Phi) is 6.34. The third-order valence-electron chi connectivity index (χ3n) is 4.71.